The van der Waals surface area contributed by atoms with Crippen LogP contribution in [0.25, 0.3) is 0 Å². The van der Waals surface area contributed by atoms with Crippen LogP contribution >= 0.6 is 11.6 Å². The molecule has 132 valence electrons. The van der Waals surface area contributed by atoms with Gasteiger partial charge in [-0.2, -0.15) is 0 Å². The van der Waals surface area contributed by atoms with E-state index >= 15 is 0 Å². The van der Waals surface area contributed by atoms with E-state index in [2.05, 4.69) is 15.5 Å². The highest BCUT2D eigenvalue weighted by Gasteiger charge is 2.29. The van der Waals surface area contributed by atoms with Gasteiger partial charge in [-0.25, -0.2) is 4.79 Å². The molecule has 0 aromatic heterocycles. The van der Waals surface area contributed by atoms with Gasteiger partial charge in [0.25, 0.3) is 0 Å². The Balaban J connectivity index is 1.90. The highest BCUT2D eigenvalue weighted by atomic mass is 35.5. The Labute approximate surface area is 147 Å². The number of benzene rings is 1. The molecule has 1 atom stereocenters. The Bertz CT molecular complexity index is 574. The van der Waals surface area contributed by atoms with Gasteiger partial charge in [0, 0.05) is 31.1 Å². The zero-order chi connectivity index (χ0) is 17.5. The summed E-state index contributed by atoms with van der Waals surface area (Å²) in [4.78, 5) is 24.9. The van der Waals surface area contributed by atoms with Gasteiger partial charge >= 0.3 is 6.09 Å². The number of hydrogen-bond donors (Lipinski definition) is 3. The maximum Gasteiger partial charge on any atom is 0.404 e. The molecule has 24 heavy (non-hydrogen) atoms. The van der Waals surface area contributed by atoms with Crippen molar-refractivity contribution in [2.45, 2.75) is 31.8 Å². The molecule has 1 saturated heterocycles. The smallest absolute Gasteiger partial charge is 0.404 e. The molecule has 3 N–H and O–H groups in total. The molecule has 2 amide bonds. The van der Waals surface area contributed by atoms with E-state index < -0.39 is 6.09 Å². The van der Waals surface area contributed by atoms with Crippen LogP contribution in [-0.4, -0.2) is 48.2 Å². The number of nitrogens with one attached hydrogen (secondary N) is 2. The van der Waals surface area contributed by atoms with Gasteiger partial charge < -0.3 is 15.7 Å². The summed E-state index contributed by atoms with van der Waals surface area (Å²) < 4.78 is 0. The molecule has 1 fully saturated rings. The van der Waals surface area contributed by atoms with Crippen LogP contribution in [0.5, 0.6) is 0 Å². The van der Waals surface area contributed by atoms with Gasteiger partial charge in [0.2, 0.25) is 5.91 Å². The summed E-state index contributed by atoms with van der Waals surface area (Å²) in [5, 5.41) is 14.8. The number of likely N-dealkylation sites (tertiary alicyclic amines) is 1. The SMILES string of the molecule is CNC(=O)CC(NC(=O)O)C1CCN(Cc2ccccc2Cl)CC1. The molecular formula is C17H24ClN3O3. The van der Waals surface area contributed by atoms with Gasteiger partial charge in [-0.05, 0) is 43.5 Å². The van der Waals surface area contributed by atoms with E-state index in [0.29, 0.717) is 0 Å². The summed E-state index contributed by atoms with van der Waals surface area (Å²) in [7, 11) is 1.56. The Morgan fingerprint density at radius 3 is 2.58 bits per heavy atom. The summed E-state index contributed by atoms with van der Waals surface area (Å²) in [6, 6.07) is 7.46. The first-order valence-electron chi connectivity index (χ1n) is 8.15. The number of carbonyl (C=O) groups excluding carboxylic acids is 1. The predicted octanol–water partition coefficient (Wildman–Crippen LogP) is 2.32. The lowest BCUT2D eigenvalue weighted by atomic mass is 9.87. The van der Waals surface area contributed by atoms with Crippen molar-refractivity contribution in [2.75, 3.05) is 20.1 Å². The summed E-state index contributed by atoms with van der Waals surface area (Å²) in [6.07, 6.45) is 0.805. The number of carboxylic acid groups (broad SMARTS) is 1. The third-order valence-electron chi connectivity index (χ3n) is 4.55. The normalized spacial score (nSPS) is 17.2. The second-order valence-electron chi connectivity index (χ2n) is 6.14. The second-order valence-corrected chi connectivity index (χ2v) is 6.55. The molecule has 2 rings (SSSR count). The van der Waals surface area contributed by atoms with Crippen LogP contribution in [-0.2, 0) is 11.3 Å². The number of piperidine rings is 1. The average Bonchev–Trinajstić information content (AvgIpc) is 2.56. The first-order chi connectivity index (χ1) is 11.5. The number of nitrogens with zero attached hydrogens (tertiary/aromatic N) is 1. The third-order valence-corrected chi connectivity index (χ3v) is 4.91. The van der Waals surface area contributed by atoms with E-state index in [4.69, 9.17) is 16.7 Å². The number of halogens is 1. The molecule has 1 heterocycles. The zero-order valence-electron chi connectivity index (χ0n) is 13.8. The quantitative estimate of drug-likeness (QED) is 0.733. The first-order valence-corrected chi connectivity index (χ1v) is 8.53. The molecule has 6 nitrogen and oxygen atoms in total. The molecule has 1 aromatic rings. The molecule has 0 aliphatic carbocycles. The van der Waals surface area contributed by atoms with Gasteiger partial charge in [-0.15, -0.1) is 0 Å². The van der Waals surface area contributed by atoms with Crippen LogP contribution in [0.1, 0.15) is 24.8 Å². The van der Waals surface area contributed by atoms with Gasteiger partial charge in [-0.1, -0.05) is 29.8 Å². The Morgan fingerprint density at radius 2 is 2.00 bits per heavy atom. The molecule has 1 aliphatic rings. The fourth-order valence-corrected chi connectivity index (χ4v) is 3.37. The van der Waals surface area contributed by atoms with Gasteiger partial charge in [-0.3, -0.25) is 9.69 Å². The first kappa shape index (κ1) is 18.5. The van der Waals surface area contributed by atoms with Crippen molar-refractivity contribution in [2.24, 2.45) is 5.92 Å². The minimum Gasteiger partial charge on any atom is -0.465 e. The van der Waals surface area contributed by atoms with Crippen LogP contribution in [0.15, 0.2) is 24.3 Å². The van der Waals surface area contributed by atoms with Gasteiger partial charge in [0.1, 0.15) is 0 Å². The van der Waals surface area contributed by atoms with Crippen LogP contribution in [0.3, 0.4) is 0 Å². The highest BCUT2D eigenvalue weighted by Crippen LogP contribution is 2.25. The highest BCUT2D eigenvalue weighted by molar-refractivity contribution is 6.31. The van der Waals surface area contributed by atoms with Crippen LogP contribution in [0.2, 0.25) is 5.02 Å². The Morgan fingerprint density at radius 1 is 1.33 bits per heavy atom. The molecule has 7 heteroatoms. The zero-order valence-corrected chi connectivity index (χ0v) is 14.6. The molecule has 1 aliphatic heterocycles. The number of rotatable bonds is 6. The minimum atomic E-state index is -1.08. The van der Waals surface area contributed by atoms with Crippen LogP contribution in [0, 0.1) is 5.92 Å². The van der Waals surface area contributed by atoms with Crippen molar-refractivity contribution in [1.82, 2.24) is 15.5 Å². The molecule has 1 aromatic carbocycles. The van der Waals surface area contributed by atoms with E-state index in [1.54, 1.807) is 7.05 Å². The van der Waals surface area contributed by atoms with Gasteiger partial charge in [0.15, 0.2) is 0 Å². The van der Waals surface area contributed by atoms with E-state index in [0.717, 1.165) is 43.1 Å². The van der Waals surface area contributed by atoms with E-state index in [9.17, 15) is 9.59 Å². The maximum atomic E-state index is 11.6. The minimum absolute atomic E-state index is 0.146. The van der Waals surface area contributed by atoms with E-state index in [1.165, 1.54) is 0 Å². The van der Waals surface area contributed by atoms with Crippen molar-refractivity contribution in [3.05, 3.63) is 34.9 Å². The third kappa shape index (κ3) is 5.39. The molecule has 1 unspecified atom stereocenters. The molecule has 0 saturated carbocycles. The average molecular weight is 354 g/mol. The largest absolute Gasteiger partial charge is 0.465 e. The lowest BCUT2D eigenvalue weighted by Gasteiger charge is -2.36. The molecule has 0 bridgehead atoms. The monoisotopic (exact) mass is 353 g/mol. The van der Waals surface area contributed by atoms with Crippen molar-refractivity contribution in [3.8, 4) is 0 Å². The molecule has 0 radical (unpaired) electrons. The van der Waals surface area contributed by atoms with E-state index in [1.807, 2.05) is 24.3 Å². The van der Waals surface area contributed by atoms with Crippen molar-refractivity contribution in [3.63, 3.8) is 0 Å². The summed E-state index contributed by atoms with van der Waals surface area (Å²) in [5.41, 5.74) is 1.10. The maximum absolute atomic E-state index is 11.6. The number of amides is 2. The lowest BCUT2D eigenvalue weighted by Crippen LogP contribution is -2.46. The standard InChI is InChI=1S/C17H24ClN3O3/c1-19-16(22)10-15(20-17(23)24)12-6-8-21(9-7-12)11-13-4-2-3-5-14(13)18/h2-5,12,15,20H,6-11H2,1H3,(H,19,22)(H,23,24). The van der Waals surface area contributed by atoms with Crippen molar-refractivity contribution in [1.29, 1.82) is 0 Å². The fourth-order valence-electron chi connectivity index (χ4n) is 3.18. The van der Waals surface area contributed by atoms with E-state index in [-0.39, 0.29) is 24.3 Å². The predicted molar refractivity (Wildman–Crippen MR) is 93.1 cm³/mol. The topological polar surface area (TPSA) is 81.7 Å². The molecular weight excluding hydrogens is 330 g/mol. The summed E-state index contributed by atoms with van der Waals surface area (Å²) in [5.74, 6) is 0.0214. The summed E-state index contributed by atoms with van der Waals surface area (Å²) >= 11 is 6.21. The number of hydrogen-bond acceptors (Lipinski definition) is 3. The van der Waals surface area contributed by atoms with Crippen molar-refractivity contribution >= 4 is 23.6 Å². The second kappa shape index (κ2) is 8.89. The Kier molecular flexibility index (Phi) is 6.87. The molecule has 0 spiro atoms. The van der Waals surface area contributed by atoms with Crippen molar-refractivity contribution < 1.29 is 14.7 Å². The number of carbonyl (C=O) groups is 2. The van der Waals surface area contributed by atoms with Crippen LogP contribution < -0.4 is 10.6 Å². The fraction of sp³-hybridized carbons (Fsp3) is 0.529. The summed E-state index contributed by atoms with van der Waals surface area (Å²) in [6.45, 7) is 2.52. The van der Waals surface area contributed by atoms with Crippen LogP contribution in [0.4, 0.5) is 4.79 Å². The lowest BCUT2D eigenvalue weighted by molar-refractivity contribution is -0.121. The Hall–Kier alpha value is -1.79. The van der Waals surface area contributed by atoms with Gasteiger partial charge in [0.05, 0.1) is 0 Å².